The van der Waals surface area contributed by atoms with E-state index in [4.69, 9.17) is 11.5 Å². The number of rotatable bonds is 6. The zero-order chi connectivity index (χ0) is 15.2. The van der Waals surface area contributed by atoms with E-state index in [1.165, 1.54) is 11.3 Å². The molecule has 6 N–H and O–H groups in total. The third-order valence-corrected chi connectivity index (χ3v) is 4.25. The number of nitrogens with zero attached hydrogens (tertiary/aromatic N) is 2. The quantitative estimate of drug-likeness (QED) is 0.506. The number of aromatic nitrogens is 1. The molecule has 0 aliphatic carbocycles. The molecule has 1 aliphatic rings. The van der Waals surface area contributed by atoms with Crippen LogP contribution in [0.3, 0.4) is 0 Å². The van der Waals surface area contributed by atoms with Gasteiger partial charge in [0.2, 0.25) is 5.91 Å². The smallest absolute Gasteiger partial charge is 0.265 e. The fourth-order valence-corrected chi connectivity index (χ4v) is 2.97. The lowest BCUT2D eigenvalue weighted by atomic mass is 10.3. The molecule has 8 nitrogen and oxygen atoms in total. The summed E-state index contributed by atoms with van der Waals surface area (Å²) in [6, 6.07) is 0. The Hall–Kier alpha value is -1.87. The van der Waals surface area contributed by atoms with Crippen molar-refractivity contribution in [3.8, 4) is 0 Å². The molecule has 0 saturated carbocycles. The van der Waals surface area contributed by atoms with Crippen molar-refractivity contribution in [3.05, 3.63) is 4.88 Å². The average molecular weight is 312 g/mol. The standard InChI is InChI=1S/C12H20N6O2S/c13-8(19)2-1-3-16-11(20)9-10(14)17-12(21-9)18-6-4-15-5-7-18/h15H,1-7,14H2,(H2,13,19)(H,16,20). The molecule has 0 aromatic carbocycles. The summed E-state index contributed by atoms with van der Waals surface area (Å²) in [6.45, 7) is 3.89. The van der Waals surface area contributed by atoms with Crippen molar-refractivity contribution in [2.75, 3.05) is 43.4 Å². The molecule has 0 radical (unpaired) electrons. The molecule has 1 aromatic rings. The first-order valence-electron chi connectivity index (χ1n) is 6.86. The fourth-order valence-electron chi connectivity index (χ4n) is 2.02. The van der Waals surface area contributed by atoms with Crippen LogP contribution >= 0.6 is 11.3 Å². The van der Waals surface area contributed by atoms with Gasteiger partial charge >= 0.3 is 0 Å². The van der Waals surface area contributed by atoms with Crippen LogP contribution in [0.2, 0.25) is 0 Å². The number of primary amides is 1. The normalized spacial score (nSPS) is 15.0. The maximum atomic E-state index is 12.0. The predicted octanol–water partition coefficient (Wildman–Crippen LogP) is -0.870. The number of amides is 2. The molecule has 0 bridgehead atoms. The van der Waals surface area contributed by atoms with Crippen LogP contribution in [-0.2, 0) is 4.79 Å². The maximum Gasteiger partial charge on any atom is 0.265 e. The van der Waals surface area contributed by atoms with Crippen LogP contribution in [-0.4, -0.2) is 49.5 Å². The zero-order valence-corrected chi connectivity index (χ0v) is 12.5. The Bertz CT molecular complexity index is 512. The van der Waals surface area contributed by atoms with Gasteiger partial charge in [-0.2, -0.15) is 0 Å². The van der Waals surface area contributed by atoms with Gasteiger partial charge in [-0.05, 0) is 6.42 Å². The van der Waals surface area contributed by atoms with E-state index >= 15 is 0 Å². The van der Waals surface area contributed by atoms with Crippen LogP contribution < -0.4 is 27.0 Å². The van der Waals surface area contributed by atoms with E-state index in [0.717, 1.165) is 31.3 Å². The number of nitrogens with two attached hydrogens (primary N) is 2. The lowest BCUT2D eigenvalue weighted by Gasteiger charge is -2.26. The van der Waals surface area contributed by atoms with E-state index < -0.39 is 0 Å². The van der Waals surface area contributed by atoms with E-state index in [-0.39, 0.29) is 24.1 Å². The van der Waals surface area contributed by atoms with Gasteiger partial charge in [0.05, 0.1) is 0 Å². The fraction of sp³-hybridized carbons (Fsp3) is 0.583. The highest BCUT2D eigenvalue weighted by Crippen LogP contribution is 2.28. The summed E-state index contributed by atoms with van der Waals surface area (Å²) in [5, 5.41) is 6.76. The van der Waals surface area contributed by atoms with E-state index in [1.54, 1.807) is 0 Å². The number of carbonyl (C=O) groups is 2. The van der Waals surface area contributed by atoms with Crippen LogP contribution in [0.15, 0.2) is 0 Å². The van der Waals surface area contributed by atoms with Gasteiger partial charge in [0, 0.05) is 39.1 Å². The average Bonchev–Trinajstić information content (AvgIpc) is 2.86. The van der Waals surface area contributed by atoms with E-state index in [1.807, 2.05) is 0 Å². The van der Waals surface area contributed by atoms with Crippen molar-refractivity contribution in [3.63, 3.8) is 0 Å². The molecule has 2 amide bonds. The molecule has 0 spiro atoms. The molecule has 1 aliphatic heterocycles. The topological polar surface area (TPSA) is 126 Å². The minimum absolute atomic E-state index is 0.251. The first kappa shape index (κ1) is 15.5. The number of piperazine rings is 1. The molecule has 0 unspecified atom stereocenters. The van der Waals surface area contributed by atoms with Crippen LogP contribution in [0, 0.1) is 0 Å². The van der Waals surface area contributed by atoms with Gasteiger partial charge in [-0.25, -0.2) is 4.98 Å². The molecular weight excluding hydrogens is 292 g/mol. The van der Waals surface area contributed by atoms with Crippen LogP contribution in [0.25, 0.3) is 0 Å². The monoisotopic (exact) mass is 312 g/mol. The van der Waals surface area contributed by atoms with Gasteiger partial charge in [0.25, 0.3) is 5.91 Å². The van der Waals surface area contributed by atoms with Crippen molar-refractivity contribution in [1.82, 2.24) is 15.6 Å². The molecule has 21 heavy (non-hydrogen) atoms. The molecule has 1 saturated heterocycles. The number of anilines is 2. The summed E-state index contributed by atoms with van der Waals surface area (Å²) in [5.74, 6) is -0.376. The number of nitrogen functional groups attached to an aromatic ring is 1. The highest BCUT2D eigenvalue weighted by molar-refractivity contribution is 7.18. The molecule has 2 rings (SSSR count). The van der Waals surface area contributed by atoms with Crippen molar-refractivity contribution in [2.24, 2.45) is 5.73 Å². The number of hydrogen-bond acceptors (Lipinski definition) is 7. The second-order valence-electron chi connectivity index (χ2n) is 4.77. The largest absolute Gasteiger partial charge is 0.382 e. The SMILES string of the molecule is NC(=O)CCCNC(=O)c1sc(N2CCNCC2)nc1N. The van der Waals surface area contributed by atoms with Gasteiger partial charge < -0.3 is 27.0 Å². The number of thiazole rings is 1. The van der Waals surface area contributed by atoms with Crippen molar-refractivity contribution in [2.45, 2.75) is 12.8 Å². The maximum absolute atomic E-state index is 12.0. The number of nitrogens with one attached hydrogen (secondary N) is 2. The molecule has 2 heterocycles. The van der Waals surface area contributed by atoms with E-state index in [0.29, 0.717) is 17.8 Å². The highest BCUT2D eigenvalue weighted by Gasteiger charge is 2.20. The Morgan fingerprint density at radius 3 is 2.76 bits per heavy atom. The summed E-state index contributed by atoms with van der Waals surface area (Å²) in [4.78, 5) is 29.5. The second-order valence-corrected chi connectivity index (χ2v) is 5.75. The summed E-state index contributed by atoms with van der Waals surface area (Å²) >= 11 is 1.30. The first-order chi connectivity index (χ1) is 10.1. The molecule has 0 atom stereocenters. The minimum atomic E-state index is -0.373. The predicted molar refractivity (Wildman–Crippen MR) is 82.4 cm³/mol. The Kier molecular flexibility index (Phi) is 5.34. The van der Waals surface area contributed by atoms with E-state index in [9.17, 15) is 9.59 Å². The summed E-state index contributed by atoms with van der Waals surface area (Å²) in [6.07, 6.45) is 0.773. The van der Waals surface area contributed by atoms with Crippen LogP contribution in [0.4, 0.5) is 10.9 Å². The van der Waals surface area contributed by atoms with Crippen molar-refractivity contribution < 1.29 is 9.59 Å². The summed E-state index contributed by atoms with van der Waals surface area (Å²) in [7, 11) is 0. The van der Waals surface area contributed by atoms with Crippen LogP contribution in [0.1, 0.15) is 22.5 Å². The Balaban J connectivity index is 1.91. The van der Waals surface area contributed by atoms with Gasteiger partial charge in [0.1, 0.15) is 10.7 Å². The van der Waals surface area contributed by atoms with Crippen molar-refractivity contribution >= 4 is 34.1 Å². The molecule has 1 aromatic heterocycles. The van der Waals surface area contributed by atoms with Crippen LogP contribution in [0.5, 0.6) is 0 Å². The number of hydrogen-bond donors (Lipinski definition) is 4. The highest BCUT2D eigenvalue weighted by atomic mass is 32.1. The summed E-state index contributed by atoms with van der Waals surface area (Å²) < 4.78 is 0. The Morgan fingerprint density at radius 2 is 2.10 bits per heavy atom. The zero-order valence-electron chi connectivity index (χ0n) is 11.7. The minimum Gasteiger partial charge on any atom is -0.382 e. The third-order valence-electron chi connectivity index (χ3n) is 3.12. The molecule has 9 heteroatoms. The molecule has 116 valence electrons. The summed E-state index contributed by atoms with van der Waals surface area (Å²) in [5.41, 5.74) is 10.9. The van der Waals surface area contributed by atoms with E-state index in [2.05, 4.69) is 20.5 Å². The van der Waals surface area contributed by atoms with Crippen molar-refractivity contribution in [1.29, 1.82) is 0 Å². The second kappa shape index (κ2) is 7.23. The lowest BCUT2D eigenvalue weighted by molar-refractivity contribution is -0.118. The van der Waals surface area contributed by atoms with Gasteiger partial charge in [-0.3, -0.25) is 9.59 Å². The van der Waals surface area contributed by atoms with Gasteiger partial charge in [0.15, 0.2) is 5.13 Å². The third kappa shape index (κ3) is 4.30. The number of carbonyl (C=O) groups excluding carboxylic acids is 2. The molecular formula is C12H20N6O2S. The lowest BCUT2D eigenvalue weighted by Crippen LogP contribution is -2.43. The molecule has 1 fully saturated rings. The Morgan fingerprint density at radius 1 is 1.38 bits per heavy atom. The van der Waals surface area contributed by atoms with Gasteiger partial charge in [-0.1, -0.05) is 11.3 Å². The first-order valence-corrected chi connectivity index (χ1v) is 7.68. The Labute approximate surface area is 126 Å². The van der Waals surface area contributed by atoms with Gasteiger partial charge in [-0.15, -0.1) is 0 Å².